The summed E-state index contributed by atoms with van der Waals surface area (Å²) in [5, 5.41) is 5.16. The van der Waals surface area contributed by atoms with E-state index in [1.807, 2.05) is 50.6 Å². The van der Waals surface area contributed by atoms with E-state index in [1.54, 1.807) is 17.0 Å². The number of aryl methyl sites for hydroxylation is 2. The molecule has 0 atom stereocenters. The second-order valence-electron chi connectivity index (χ2n) is 9.57. The van der Waals surface area contributed by atoms with Gasteiger partial charge in [-0.2, -0.15) is 9.40 Å². The summed E-state index contributed by atoms with van der Waals surface area (Å²) in [6.07, 6.45) is 0. The van der Waals surface area contributed by atoms with E-state index in [1.165, 1.54) is 27.8 Å². The molecule has 2 aromatic heterocycles. The smallest absolute Gasteiger partial charge is 0.260 e. The van der Waals surface area contributed by atoms with E-state index in [0.29, 0.717) is 42.8 Å². The second-order valence-corrected chi connectivity index (χ2v) is 12.5. The molecule has 10 heteroatoms. The molecule has 38 heavy (non-hydrogen) atoms. The van der Waals surface area contributed by atoms with Gasteiger partial charge >= 0.3 is 0 Å². The fraction of sp³-hybridized carbons (Fsp3) is 0.393. The number of anilines is 1. The van der Waals surface area contributed by atoms with Crippen molar-refractivity contribution in [2.45, 2.75) is 58.9 Å². The highest BCUT2D eigenvalue weighted by molar-refractivity contribution is 7.89. The lowest BCUT2D eigenvalue weighted by Crippen LogP contribution is -2.34. The Balaban J connectivity index is 1.71. The summed E-state index contributed by atoms with van der Waals surface area (Å²) in [5.41, 5.74) is 4.40. The first-order valence-corrected chi connectivity index (χ1v) is 15.1. The Hall–Kier alpha value is -3.08. The molecular weight excluding hydrogens is 518 g/mol. The van der Waals surface area contributed by atoms with Crippen molar-refractivity contribution >= 4 is 42.6 Å². The molecule has 0 bridgehead atoms. The molecule has 0 radical (unpaired) electrons. The van der Waals surface area contributed by atoms with Crippen LogP contribution in [-0.2, 0) is 16.6 Å². The standard InChI is InChI=1S/C28H35N5O3S2/c1-7-31(8-2)38(35,36)23-14-12-22(13-15-23)27(34)32(16-17-33-21(6)18-20(5)30-33)28-29-26-24(19(3)4)10-9-11-25(26)37-28/h9-15,18-19H,7-8,16-17H2,1-6H3. The van der Waals surface area contributed by atoms with Crippen molar-refractivity contribution in [2.24, 2.45) is 0 Å². The quantitative estimate of drug-likeness (QED) is 0.255. The van der Waals surface area contributed by atoms with Gasteiger partial charge in [0.2, 0.25) is 10.0 Å². The maximum absolute atomic E-state index is 13.9. The number of para-hydroxylation sites is 1. The van der Waals surface area contributed by atoms with Crippen molar-refractivity contribution in [3.8, 4) is 0 Å². The molecular formula is C28H35N5O3S2. The first kappa shape index (κ1) is 27.9. The number of aromatic nitrogens is 3. The number of rotatable bonds is 10. The molecule has 2 heterocycles. The number of nitrogens with zero attached hydrogens (tertiary/aromatic N) is 5. The van der Waals surface area contributed by atoms with Gasteiger partial charge in [0.05, 0.1) is 27.4 Å². The van der Waals surface area contributed by atoms with Gasteiger partial charge < -0.3 is 0 Å². The van der Waals surface area contributed by atoms with Gasteiger partial charge in [0.15, 0.2) is 5.13 Å². The SMILES string of the molecule is CCN(CC)S(=O)(=O)c1ccc(C(=O)N(CCn2nc(C)cc2C)c2nc3c(C(C)C)cccc3s2)cc1. The average molecular weight is 554 g/mol. The van der Waals surface area contributed by atoms with Crippen molar-refractivity contribution in [1.82, 2.24) is 19.1 Å². The second kappa shape index (κ2) is 11.3. The number of hydrogen-bond acceptors (Lipinski definition) is 6. The molecule has 0 N–H and O–H groups in total. The normalized spacial score (nSPS) is 12.1. The van der Waals surface area contributed by atoms with Crippen LogP contribution in [0.25, 0.3) is 10.2 Å². The third-order valence-corrected chi connectivity index (χ3v) is 9.73. The molecule has 0 saturated carbocycles. The molecule has 8 nitrogen and oxygen atoms in total. The van der Waals surface area contributed by atoms with E-state index >= 15 is 0 Å². The summed E-state index contributed by atoms with van der Waals surface area (Å²) < 4.78 is 30.2. The lowest BCUT2D eigenvalue weighted by Gasteiger charge is -2.21. The van der Waals surface area contributed by atoms with Gasteiger partial charge in [-0.05, 0) is 61.7 Å². The zero-order chi connectivity index (χ0) is 27.6. The van der Waals surface area contributed by atoms with Crippen LogP contribution in [0.4, 0.5) is 5.13 Å². The number of thiazole rings is 1. The maximum atomic E-state index is 13.9. The first-order valence-electron chi connectivity index (χ1n) is 12.9. The number of amides is 1. The van der Waals surface area contributed by atoms with Crippen LogP contribution in [0.2, 0.25) is 0 Å². The molecule has 0 aliphatic heterocycles. The molecule has 0 fully saturated rings. The molecule has 0 aliphatic carbocycles. The molecule has 0 aliphatic rings. The van der Waals surface area contributed by atoms with Crippen LogP contribution in [0.15, 0.2) is 53.4 Å². The number of carbonyl (C=O) groups excluding carboxylic acids is 1. The van der Waals surface area contributed by atoms with Gasteiger partial charge in [-0.15, -0.1) is 0 Å². The van der Waals surface area contributed by atoms with Crippen LogP contribution < -0.4 is 4.90 Å². The first-order chi connectivity index (χ1) is 18.1. The van der Waals surface area contributed by atoms with Crippen molar-refractivity contribution in [1.29, 1.82) is 0 Å². The van der Waals surface area contributed by atoms with Gasteiger partial charge in [0, 0.05) is 30.9 Å². The van der Waals surface area contributed by atoms with Crippen LogP contribution in [-0.4, -0.2) is 53.0 Å². The fourth-order valence-electron chi connectivity index (χ4n) is 4.56. The minimum atomic E-state index is -3.61. The third kappa shape index (κ3) is 5.52. The summed E-state index contributed by atoms with van der Waals surface area (Å²) in [5.74, 6) is 0.0660. The minimum absolute atomic E-state index is 0.175. The van der Waals surface area contributed by atoms with Gasteiger partial charge in [0.1, 0.15) is 0 Å². The van der Waals surface area contributed by atoms with Gasteiger partial charge in [0.25, 0.3) is 5.91 Å². The topological polar surface area (TPSA) is 88.4 Å². The minimum Gasteiger partial charge on any atom is -0.282 e. The number of hydrogen-bond donors (Lipinski definition) is 0. The van der Waals surface area contributed by atoms with Crippen LogP contribution in [0.5, 0.6) is 0 Å². The highest BCUT2D eigenvalue weighted by atomic mass is 32.2. The van der Waals surface area contributed by atoms with E-state index in [2.05, 4.69) is 25.0 Å². The van der Waals surface area contributed by atoms with Gasteiger partial charge in [-0.25, -0.2) is 13.4 Å². The predicted molar refractivity (Wildman–Crippen MR) is 154 cm³/mol. The Bertz CT molecular complexity index is 1530. The Morgan fingerprint density at radius 1 is 1.05 bits per heavy atom. The zero-order valence-corrected chi connectivity index (χ0v) is 24.4. The molecule has 4 aromatic rings. The van der Waals surface area contributed by atoms with Crippen LogP contribution in [0.3, 0.4) is 0 Å². The van der Waals surface area contributed by atoms with E-state index in [9.17, 15) is 13.2 Å². The van der Waals surface area contributed by atoms with Gasteiger partial charge in [-0.3, -0.25) is 14.4 Å². The summed E-state index contributed by atoms with van der Waals surface area (Å²) >= 11 is 1.48. The highest BCUT2D eigenvalue weighted by Gasteiger charge is 2.25. The third-order valence-electron chi connectivity index (χ3n) is 6.62. The lowest BCUT2D eigenvalue weighted by molar-refractivity contribution is 0.0985. The van der Waals surface area contributed by atoms with E-state index in [4.69, 9.17) is 4.98 Å². The molecule has 202 valence electrons. The summed E-state index contributed by atoms with van der Waals surface area (Å²) in [7, 11) is -3.61. The number of fused-ring (bicyclic) bond motifs is 1. The molecule has 0 spiro atoms. The van der Waals surface area contributed by atoms with Gasteiger partial charge in [-0.1, -0.05) is 51.2 Å². The Labute approximate surface area is 229 Å². The molecule has 0 saturated heterocycles. The Kier molecular flexibility index (Phi) is 8.34. The maximum Gasteiger partial charge on any atom is 0.260 e. The summed E-state index contributed by atoms with van der Waals surface area (Å²) in [4.78, 5) is 20.6. The highest BCUT2D eigenvalue weighted by Crippen LogP contribution is 2.34. The fourth-order valence-corrected chi connectivity index (χ4v) is 7.04. The van der Waals surface area contributed by atoms with E-state index in [0.717, 1.165) is 27.2 Å². The Morgan fingerprint density at radius 2 is 1.74 bits per heavy atom. The van der Waals surface area contributed by atoms with E-state index in [-0.39, 0.29) is 10.8 Å². The van der Waals surface area contributed by atoms with Crippen molar-refractivity contribution in [3.63, 3.8) is 0 Å². The van der Waals surface area contributed by atoms with Crippen LogP contribution >= 0.6 is 11.3 Å². The molecule has 4 rings (SSSR count). The summed E-state index contributed by atoms with van der Waals surface area (Å²) in [6, 6.07) is 14.3. The largest absolute Gasteiger partial charge is 0.282 e. The summed E-state index contributed by atoms with van der Waals surface area (Å²) in [6.45, 7) is 13.5. The number of benzene rings is 2. The van der Waals surface area contributed by atoms with Crippen molar-refractivity contribution < 1.29 is 13.2 Å². The molecule has 2 aromatic carbocycles. The van der Waals surface area contributed by atoms with Crippen LogP contribution in [0, 0.1) is 13.8 Å². The number of sulfonamides is 1. The predicted octanol–water partition coefficient (Wildman–Crippen LogP) is 5.61. The van der Waals surface area contributed by atoms with Crippen molar-refractivity contribution in [3.05, 3.63) is 71.0 Å². The molecule has 0 unspecified atom stereocenters. The number of carbonyl (C=O) groups is 1. The zero-order valence-electron chi connectivity index (χ0n) is 22.8. The molecule has 1 amide bonds. The van der Waals surface area contributed by atoms with E-state index < -0.39 is 10.0 Å². The Morgan fingerprint density at radius 3 is 2.32 bits per heavy atom. The van der Waals surface area contributed by atoms with Crippen LogP contribution in [0.1, 0.15) is 60.9 Å². The lowest BCUT2D eigenvalue weighted by atomic mass is 10.0. The average Bonchev–Trinajstić information content (AvgIpc) is 3.46. The van der Waals surface area contributed by atoms with Crippen molar-refractivity contribution in [2.75, 3.05) is 24.5 Å². The monoisotopic (exact) mass is 553 g/mol.